The highest BCUT2D eigenvalue weighted by atomic mass is 35.5. The smallest absolute Gasteiger partial charge is 0.258 e. The van der Waals surface area contributed by atoms with Gasteiger partial charge < -0.3 is 25.3 Å². The van der Waals surface area contributed by atoms with Crippen LogP contribution in [0.3, 0.4) is 0 Å². The van der Waals surface area contributed by atoms with E-state index in [9.17, 15) is 14.4 Å². The summed E-state index contributed by atoms with van der Waals surface area (Å²) in [5.74, 6) is -0.123. The van der Waals surface area contributed by atoms with Crippen molar-refractivity contribution in [2.75, 3.05) is 54.2 Å². The first-order chi connectivity index (χ1) is 19.7. The minimum atomic E-state index is -0.233. The molecule has 2 heterocycles. The molecule has 0 aliphatic carbocycles. The second-order valence-corrected chi connectivity index (χ2v) is 11.0. The monoisotopic (exact) mass is 571 g/mol. The van der Waals surface area contributed by atoms with Crippen LogP contribution >= 0.6 is 11.6 Å². The van der Waals surface area contributed by atoms with Gasteiger partial charge in [-0.3, -0.25) is 14.4 Å². The van der Waals surface area contributed by atoms with Crippen molar-refractivity contribution >= 4 is 63.3 Å². The van der Waals surface area contributed by atoms with Crippen LogP contribution in [0.2, 0.25) is 5.02 Å². The van der Waals surface area contributed by atoms with Crippen LogP contribution in [0, 0.1) is 0 Å². The van der Waals surface area contributed by atoms with Gasteiger partial charge in [0.2, 0.25) is 11.8 Å². The molecule has 0 radical (unpaired) electrons. The molecule has 2 aliphatic rings. The summed E-state index contributed by atoms with van der Waals surface area (Å²) in [5.41, 5.74) is 5.75. The number of carbonyl (C=O) groups excluding carboxylic acids is 3. The van der Waals surface area contributed by atoms with E-state index in [0.29, 0.717) is 41.5 Å². The maximum Gasteiger partial charge on any atom is 0.258 e. The average Bonchev–Trinajstić information content (AvgIpc) is 3.51. The van der Waals surface area contributed by atoms with Crippen molar-refractivity contribution < 1.29 is 14.4 Å². The third-order valence-corrected chi connectivity index (χ3v) is 7.57. The minimum Gasteiger partial charge on any atom is -0.354 e. The van der Waals surface area contributed by atoms with Gasteiger partial charge in [0.1, 0.15) is 0 Å². The minimum absolute atomic E-state index is 0.0123. The zero-order chi connectivity index (χ0) is 29.1. The molecule has 3 aromatic rings. The number of halogens is 1. The standard InChI is InChI=1S/C32H34ClN5O3/c1-21(39)37(19-5-17-36(2)3)25-14-10-24(11-15-25)34-31(30-27-16-9-23(33)20-28(27)35-32(30)41)22-7-12-26(13-8-22)38-18-4-6-29(38)40/h7-16,20,34H,4-6,17-19H2,1-3H3,(H,35,41). The summed E-state index contributed by atoms with van der Waals surface area (Å²) >= 11 is 6.20. The Hall–Kier alpha value is -4.14. The Bertz CT molecular complexity index is 1500. The van der Waals surface area contributed by atoms with Gasteiger partial charge in [0, 0.05) is 54.1 Å². The Kier molecular flexibility index (Phi) is 8.42. The number of nitrogens with zero attached hydrogens (tertiary/aromatic N) is 3. The predicted octanol–water partition coefficient (Wildman–Crippen LogP) is 5.70. The Labute approximate surface area is 245 Å². The normalized spacial score (nSPS) is 15.7. The zero-order valence-electron chi connectivity index (χ0n) is 23.5. The van der Waals surface area contributed by atoms with Crippen LogP contribution in [-0.2, 0) is 14.4 Å². The first-order valence-electron chi connectivity index (χ1n) is 13.8. The molecule has 8 nitrogen and oxygen atoms in total. The lowest BCUT2D eigenvalue weighted by molar-refractivity contribution is -0.117. The van der Waals surface area contributed by atoms with Crippen LogP contribution in [0.25, 0.3) is 11.3 Å². The Morgan fingerprint density at radius 3 is 2.37 bits per heavy atom. The van der Waals surface area contributed by atoms with E-state index in [1.807, 2.05) is 68.7 Å². The van der Waals surface area contributed by atoms with Crippen LogP contribution in [0.4, 0.5) is 22.7 Å². The summed E-state index contributed by atoms with van der Waals surface area (Å²) in [6.07, 6.45) is 2.27. The van der Waals surface area contributed by atoms with Crippen molar-refractivity contribution in [3.8, 4) is 0 Å². The summed E-state index contributed by atoms with van der Waals surface area (Å²) in [6.45, 7) is 3.80. The molecule has 0 bridgehead atoms. The van der Waals surface area contributed by atoms with Crippen molar-refractivity contribution in [3.63, 3.8) is 0 Å². The van der Waals surface area contributed by atoms with Gasteiger partial charge in [0.05, 0.1) is 17.0 Å². The van der Waals surface area contributed by atoms with Gasteiger partial charge in [-0.2, -0.15) is 0 Å². The van der Waals surface area contributed by atoms with E-state index in [-0.39, 0.29) is 17.7 Å². The highest BCUT2D eigenvalue weighted by molar-refractivity contribution is 6.38. The summed E-state index contributed by atoms with van der Waals surface area (Å²) in [7, 11) is 4.03. The fourth-order valence-corrected chi connectivity index (χ4v) is 5.46. The molecule has 0 unspecified atom stereocenters. The number of rotatable bonds is 9. The molecular formula is C32H34ClN5O3. The molecule has 0 atom stereocenters. The van der Waals surface area contributed by atoms with Crippen molar-refractivity contribution in [3.05, 3.63) is 82.9 Å². The van der Waals surface area contributed by atoms with Crippen molar-refractivity contribution in [2.24, 2.45) is 0 Å². The topological polar surface area (TPSA) is 85.0 Å². The molecule has 0 saturated carbocycles. The lowest BCUT2D eigenvalue weighted by Crippen LogP contribution is -2.31. The third kappa shape index (κ3) is 6.29. The molecular weight excluding hydrogens is 538 g/mol. The van der Waals surface area contributed by atoms with E-state index in [1.165, 1.54) is 0 Å². The fraction of sp³-hybridized carbons (Fsp3) is 0.281. The maximum absolute atomic E-state index is 13.3. The molecule has 41 heavy (non-hydrogen) atoms. The predicted molar refractivity (Wildman–Crippen MR) is 166 cm³/mol. The van der Waals surface area contributed by atoms with E-state index in [2.05, 4.69) is 15.5 Å². The van der Waals surface area contributed by atoms with Gasteiger partial charge in [0.25, 0.3) is 5.91 Å². The van der Waals surface area contributed by atoms with Gasteiger partial charge in [-0.1, -0.05) is 29.8 Å². The highest BCUT2D eigenvalue weighted by Crippen LogP contribution is 2.39. The number of amides is 3. The summed E-state index contributed by atoms with van der Waals surface area (Å²) in [4.78, 5) is 43.6. The van der Waals surface area contributed by atoms with Crippen molar-refractivity contribution in [1.82, 2.24) is 4.90 Å². The lowest BCUT2D eigenvalue weighted by atomic mass is 9.99. The van der Waals surface area contributed by atoms with Crippen LogP contribution in [0.5, 0.6) is 0 Å². The lowest BCUT2D eigenvalue weighted by Gasteiger charge is -2.23. The zero-order valence-corrected chi connectivity index (χ0v) is 24.3. The second-order valence-electron chi connectivity index (χ2n) is 10.6. The third-order valence-electron chi connectivity index (χ3n) is 7.33. The second kappa shape index (κ2) is 12.2. The molecule has 212 valence electrons. The quantitative estimate of drug-likeness (QED) is 0.322. The van der Waals surface area contributed by atoms with E-state index in [4.69, 9.17) is 11.6 Å². The molecule has 1 saturated heterocycles. The number of hydrogen-bond acceptors (Lipinski definition) is 5. The Balaban J connectivity index is 1.49. The number of carbonyl (C=O) groups is 3. The molecule has 1 fully saturated rings. The van der Waals surface area contributed by atoms with Crippen molar-refractivity contribution in [1.29, 1.82) is 0 Å². The fourth-order valence-electron chi connectivity index (χ4n) is 5.28. The Morgan fingerprint density at radius 2 is 1.73 bits per heavy atom. The van der Waals surface area contributed by atoms with E-state index >= 15 is 0 Å². The van der Waals surface area contributed by atoms with Gasteiger partial charge >= 0.3 is 0 Å². The molecule has 5 rings (SSSR count). The van der Waals surface area contributed by atoms with Crippen LogP contribution in [-0.4, -0.2) is 56.4 Å². The average molecular weight is 572 g/mol. The maximum atomic E-state index is 13.3. The number of hydrogen-bond donors (Lipinski definition) is 2. The van der Waals surface area contributed by atoms with E-state index < -0.39 is 0 Å². The SMILES string of the molecule is CC(=O)N(CCCN(C)C)c1ccc(NC(=C2C(=O)Nc3cc(Cl)ccc32)c2ccc(N3CCCC3=O)cc2)cc1. The molecule has 2 aliphatic heterocycles. The van der Waals surface area contributed by atoms with Crippen LogP contribution in [0.1, 0.15) is 37.3 Å². The van der Waals surface area contributed by atoms with Gasteiger partial charge in [0.15, 0.2) is 0 Å². The summed E-state index contributed by atoms with van der Waals surface area (Å²) < 4.78 is 0. The number of nitrogens with one attached hydrogen (secondary N) is 2. The largest absolute Gasteiger partial charge is 0.354 e. The number of benzene rings is 3. The van der Waals surface area contributed by atoms with Gasteiger partial charge in [-0.15, -0.1) is 0 Å². The molecule has 2 N–H and O–H groups in total. The molecule has 3 amide bonds. The first kappa shape index (κ1) is 28.4. The number of anilines is 4. The summed E-state index contributed by atoms with van der Waals surface area (Å²) in [5, 5.41) is 6.94. The van der Waals surface area contributed by atoms with Crippen LogP contribution in [0.15, 0.2) is 66.7 Å². The Morgan fingerprint density at radius 1 is 1.00 bits per heavy atom. The first-order valence-corrected chi connectivity index (χ1v) is 14.2. The number of fused-ring (bicyclic) bond motifs is 1. The molecule has 3 aromatic carbocycles. The van der Waals surface area contributed by atoms with E-state index in [0.717, 1.165) is 47.6 Å². The van der Waals surface area contributed by atoms with Gasteiger partial charge in [-0.25, -0.2) is 0 Å². The van der Waals surface area contributed by atoms with Crippen molar-refractivity contribution in [2.45, 2.75) is 26.2 Å². The van der Waals surface area contributed by atoms with Crippen LogP contribution < -0.4 is 20.4 Å². The summed E-state index contributed by atoms with van der Waals surface area (Å²) in [6, 6.07) is 20.7. The molecule has 9 heteroatoms. The highest BCUT2D eigenvalue weighted by Gasteiger charge is 2.29. The molecule has 0 spiro atoms. The molecule has 0 aromatic heterocycles. The van der Waals surface area contributed by atoms with E-state index in [1.54, 1.807) is 28.9 Å². The van der Waals surface area contributed by atoms with Gasteiger partial charge in [-0.05, 0) is 87.6 Å².